The van der Waals surface area contributed by atoms with E-state index in [0.29, 0.717) is 23.7 Å². The van der Waals surface area contributed by atoms with Crippen molar-refractivity contribution in [3.05, 3.63) is 203 Å². The molecule has 0 radical (unpaired) electrons. The van der Waals surface area contributed by atoms with Gasteiger partial charge < -0.3 is 4.42 Å². The van der Waals surface area contributed by atoms with Crippen molar-refractivity contribution in [2.45, 2.75) is 18.8 Å². The zero-order valence-electron chi connectivity index (χ0n) is 30.2. The molecule has 5 aromatic carbocycles. The van der Waals surface area contributed by atoms with Crippen LogP contribution in [-0.4, -0.2) is 9.97 Å². The smallest absolute Gasteiger partial charge is 0.160 e. The maximum absolute atomic E-state index is 6.64. The molecule has 0 N–H and O–H groups in total. The number of benzene rings is 5. The lowest BCUT2D eigenvalue weighted by Crippen LogP contribution is -2.25. The van der Waals surface area contributed by atoms with E-state index in [1.807, 2.05) is 6.07 Å². The van der Waals surface area contributed by atoms with Crippen molar-refractivity contribution in [3.63, 3.8) is 0 Å². The number of aromatic nitrogens is 2. The van der Waals surface area contributed by atoms with E-state index in [1.165, 1.54) is 56.2 Å². The van der Waals surface area contributed by atoms with Gasteiger partial charge in [0.15, 0.2) is 5.82 Å². The van der Waals surface area contributed by atoms with E-state index in [-0.39, 0.29) is 0 Å². The zero-order chi connectivity index (χ0) is 36.0. The van der Waals surface area contributed by atoms with Crippen molar-refractivity contribution in [2.24, 2.45) is 17.8 Å². The number of hydrogen-bond acceptors (Lipinski definition) is 3. The minimum absolute atomic E-state index is 0.307. The molecular weight excluding hydrogens is 669 g/mol. The topological polar surface area (TPSA) is 38.9 Å². The molecule has 4 unspecified atom stereocenters. The maximum Gasteiger partial charge on any atom is 0.160 e. The van der Waals surface area contributed by atoms with E-state index < -0.39 is 0 Å². The average molecular weight is 705 g/mol. The van der Waals surface area contributed by atoms with Crippen LogP contribution in [0.15, 0.2) is 191 Å². The zero-order valence-corrected chi connectivity index (χ0v) is 30.2. The monoisotopic (exact) mass is 704 g/mol. The highest BCUT2D eigenvalue weighted by molar-refractivity contribution is 6.11. The highest BCUT2D eigenvalue weighted by atomic mass is 16.3. The molecule has 0 spiro atoms. The number of furan rings is 1. The first-order valence-corrected chi connectivity index (χ1v) is 19.5. The van der Waals surface area contributed by atoms with Crippen LogP contribution in [0, 0.1) is 17.8 Å². The largest absolute Gasteiger partial charge is 0.455 e. The molecule has 0 aliphatic heterocycles. The molecule has 3 heteroatoms. The fraction of sp³-hybridized carbons (Fsp3) is 0.115. The van der Waals surface area contributed by atoms with Crippen LogP contribution in [0.25, 0.3) is 66.9 Å². The molecule has 12 rings (SSSR count). The lowest BCUT2D eigenvalue weighted by Gasteiger charge is -2.38. The first kappa shape index (κ1) is 30.8. The third kappa shape index (κ3) is 4.82. The van der Waals surface area contributed by atoms with Crippen LogP contribution >= 0.6 is 0 Å². The van der Waals surface area contributed by atoms with E-state index in [1.54, 1.807) is 5.57 Å². The Hall–Kier alpha value is -6.58. The minimum atomic E-state index is 0.307. The van der Waals surface area contributed by atoms with Crippen LogP contribution in [0.5, 0.6) is 0 Å². The van der Waals surface area contributed by atoms with Gasteiger partial charge in [0.2, 0.25) is 0 Å². The lowest BCUT2D eigenvalue weighted by molar-refractivity contribution is 0.564. The first-order chi connectivity index (χ1) is 27.3. The Morgan fingerprint density at radius 2 is 1.33 bits per heavy atom. The van der Waals surface area contributed by atoms with Crippen molar-refractivity contribution < 1.29 is 4.42 Å². The van der Waals surface area contributed by atoms with Crippen molar-refractivity contribution in [2.75, 3.05) is 0 Å². The number of fused-ring (bicyclic) bond motifs is 10. The first-order valence-electron chi connectivity index (χ1n) is 19.5. The third-order valence-electron chi connectivity index (χ3n) is 12.5. The fourth-order valence-electron chi connectivity index (χ4n) is 9.91. The predicted molar refractivity (Wildman–Crippen MR) is 224 cm³/mol. The maximum atomic E-state index is 6.64. The van der Waals surface area contributed by atoms with Gasteiger partial charge in [0.05, 0.1) is 11.4 Å². The molecule has 5 aliphatic carbocycles. The van der Waals surface area contributed by atoms with Gasteiger partial charge in [-0.15, -0.1) is 0 Å². The Morgan fingerprint density at radius 3 is 2.20 bits per heavy atom. The molecule has 3 nitrogen and oxygen atoms in total. The van der Waals surface area contributed by atoms with Gasteiger partial charge in [-0.3, -0.25) is 0 Å². The Morgan fingerprint density at radius 1 is 0.600 bits per heavy atom. The van der Waals surface area contributed by atoms with E-state index in [2.05, 4.69) is 164 Å². The molecule has 0 saturated heterocycles. The van der Waals surface area contributed by atoms with E-state index in [0.717, 1.165) is 51.5 Å². The van der Waals surface area contributed by atoms with Crippen LogP contribution in [-0.2, 0) is 0 Å². The van der Waals surface area contributed by atoms with Gasteiger partial charge in [0, 0.05) is 39.3 Å². The summed E-state index contributed by atoms with van der Waals surface area (Å²) in [6.07, 6.45) is 18.9. The second kappa shape index (κ2) is 12.0. The van der Waals surface area contributed by atoms with Crippen molar-refractivity contribution in [1.29, 1.82) is 0 Å². The van der Waals surface area contributed by atoms with Gasteiger partial charge in [-0.25, -0.2) is 9.97 Å². The summed E-state index contributed by atoms with van der Waals surface area (Å²) in [6, 6.07) is 45.0. The molecular formula is C52H36N2O. The van der Waals surface area contributed by atoms with Gasteiger partial charge >= 0.3 is 0 Å². The van der Waals surface area contributed by atoms with E-state index in [4.69, 9.17) is 14.4 Å². The average Bonchev–Trinajstić information content (AvgIpc) is 3.74. The number of rotatable bonds is 5. The Balaban J connectivity index is 1.01. The van der Waals surface area contributed by atoms with Gasteiger partial charge in [-0.1, -0.05) is 157 Å². The molecule has 5 aliphatic rings. The molecule has 7 aromatic rings. The summed E-state index contributed by atoms with van der Waals surface area (Å²) in [7, 11) is 0. The SMILES string of the molecule is C1=CC2C(C3=CC(c4cc(-c5ccccc5)nc(-c5ccccc5)n4)=CC3)=CC3=C(C2C=C1)C1CC1c1cccc(-c2cccc4c2oc2ccccc24)c13. The van der Waals surface area contributed by atoms with Crippen LogP contribution in [0.3, 0.4) is 0 Å². The van der Waals surface area contributed by atoms with E-state index >= 15 is 0 Å². The normalized spacial score (nSPS) is 21.8. The van der Waals surface area contributed by atoms with Gasteiger partial charge in [-0.2, -0.15) is 0 Å². The molecule has 0 amide bonds. The predicted octanol–water partition coefficient (Wildman–Crippen LogP) is 13.0. The Kier molecular flexibility index (Phi) is 6.71. The van der Waals surface area contributed by atoms with Crippen molar-refractivity contribution in [3.8, 4) is 33.8 Å². The number of nitrogens with zero attached hydrogens (tertiary/aromatic N) is 2. The molecule has 4 atom stereocenters. The lowest BCUT2D eigenvalue weighted by atomic mass is 9.65. The van der Waals surface area contributed by atoms with Crippen LogP contribution in [0.2, 0.25) is 0 Å². The molecule has 55 heavy (non-hydrogen) atoms. The second-order valence-electron chi connectivity index (χ2n) is 15.5. The highest BCUT2D eigenvalue weighted by Gasteiger charge is 2.51. The van der Waals surface area contributed by atoms with Gasteiger partial charge in [0.1, 0.15) is 11.2 Å². The highest BCUT2D eigenvalue weighted by Crippen LogP contribution is 2.65. The summed E-state index contributed by atoms with van der Waals surface area (Å²) >= 11 is 0. The number of para-hydroxylation sites is 2. The summed E-state index contributed by atoms with van der Waals surface area (Å²) in [5.41, 5.74) is 18.2. The molecule has 1 fully saturated rings. The standard InChI is InChI=1S/C52H36N2O/c1-3-13-31(14-4-1)46-30-47(54-52(53-46)32-15-5-2-6-16-32)34-26-25-33(27-34)42-28-45-49-38(41-23-12-22-40-36-18-9-10-24-48(36)55-51(40)41)20-11-21-39(49)43-29-44(43)50(45)37-19-8-7-17-35(37)42/h1-24,26-28,30,35,37,43-44H,25,29H2. The van der Waals surface area contributed by atoms with Crippen LogP contribution in [0.4, 0.5) is 0 Å². The van der Waals surface area contributed by atoms with Crippen LogP contribution < -0.4 is 0 Å². The molecule has 2 aromatic heterocycles. The minimum Gasteiger partial charge on any atom is -0.455 e. The number of hydrogen-bond donors (Lipinski definition) is 0. The Bertz CT molecular complexity index is 2880. The summed E-state index contributed by atoms with van der Waals surface area (Å²) in [6.45, 7) is 0. The van der Waals surface area contributed by atoms with E-state index in [9.17, 15) is 0 Å². The van der Waals surface area contributed by atoms with Crippen molar-refractivity contribution >= 4 is 33.1 Å². The molecule has 260 valence electrons. The summed E-state index contributed by atoms with van der Waals surface area (Å²) in [5, 5.41) is 2.34. The van der Waals surface area contributed by atoms with Crippen LogP contribution in [0.1, 0.15) is 35.6 Å². The second-order valence-corrected chi connectivity index (χ2v) is 15.5. The summed E-state index contributed by atoms with van der Waals surface area (Å²) in [5.74, 6) is 2.57. The van der Waals surface area contributed by atoms with Gasteiger partial charge in [-0.05, 0) is 81.9 Å². The summed E-state index contributed by atoms with van der Waals surface area (Å²) < 4.78 is 6.64. The Labute approximate surface area is 320 Å². The third-order valence-corrected chi connectivity index (χ3v) is 12.5. The molecule has 0 bridgehead atoms. The summed E-state index contributed by atoms with van der Waals surface area (Å²) in [4.78, 5) is 10.2. The van der Waals surface area contributed by atoms with Crippen molar-refractivity contribution in [1.82, 2.24) is 9.97 Å². The fourth-order valence-corrected chi connectivity index (χ4v) is 9.91. The molecule has 1 saturated carbocycles. The number of allylic oxidation sites excluding steroid dienone is 12. The van der Waals surface area contributed by atoms with Gasteiger partial charge in [0.25, 0.3) is 0 Å². The quantitative estimate of drug-likeness (QED) is 0.179. The molecule has 2 heterocycles.